The molecule has 18 heavy (non-hydrogen) atoms. The van der Waals surface area contributed by atoms with Gasteiger partial charge >= 0.3 is 0 Å². The molecular weight excluding hydrogens is 250 g/mol. The molecule has 2 aromatic rings. The molecule has 96 valence electrons. The van der Waals surface area contributed by atoms with Crippen LogP contribution in [0.2, 0.25) is 0 Å². The van der Waals surface area contributed by atoms with Gasteiger partial charge in [-0.3, -0.25) is 0 Å². The molecule has 0 saturated carbocycles. The molecule has 2 aromatic heterocycles. The minimum absolute atomic E-state index is 0.0822. The third-order valence-electron chi connectivity index (χ3n) is 2.85. The van der Waals surface area contributed by atoms with Gasteiger partial charge < -0.3 is 14.8 Å². The smallest absolute Gasteiger partial charge is 0.234 e. The van der Waals surface area contributed by atoms with E-state index in [0.717, 1.165) is 23.3 Å². The molecule has 0 bridgehead atoms. The highest BCUT2D eigenvalue weighted by molar-refractivity contribution is 7.17. The van der Waals surface area contributed by atoms with Gasteiger partial charge in [-0.15, -0.1) is 11.3 Å². The van der Waals surface area contributed by atoms with E-state index in [9.17, 15) is 0 Å². The lowest BCUT2D eigenvalue weighted by atomic mass is 10.2. The molecule has 3 heterocycles. The summed E-state index contributed by atoms with van der Waals surface area (Å²) < 4.78 is 12.5. The van der Waals surface area contributed by atoms with E-state index in [4.69, 9.17) is 9.47 Å². The van der Waals surface area contributed by atoms with Crippen LogP contribution in [-0.4, -0.2) is 41.9 Å². The summed E-state index contributed by atoms with van der Waals surface area (Å²) in [5.41, 5.74) is 0.932. The fourth-order valence-corrected chi connectivity index (χ4v) is 2.80. The van der Waals surface area contributed by atoms with Crippen molar-refractivity contribution in [3.63, 3.8) is 0 Å². The number of rotatable bonds is 3. The van der Waals surface area contributed by atoms with Gasteiger partial charge in [0.2, 0.25) is 5.88 Å². The Bertz CT molecular complexity index is 531. The largest absolute Gasteiger partial charge is 0.474 e. The van der Waals surface area contributed by atoms with Crippen LogP contribution in [0.15, 0.2) is 17.8 Å². The fourth-order valence-electron chi connectivity index (χ4n) is 2.01. The van der Waals surface area contributed by atoms with Crippen LogP contribution in [0.3, 0.4) is 0 Å². The number of hydrogen-bond acceptors (Lipinski definition) is 6. The number of hydrogen-bond donors (Lipinski definition) is 1. The maximum absolute atomic E-state index is 5.77. The summed E-state index contributed by atoms with van der Waals surface area (Å²) in [5.74, 6) is 0.650. The topological polar surface area (TPSA) is 56.3 Å². The molecule has 0 radical (unpaired) electrons. The van der Waals surface area contributed by atoms with Crippen LogP contribution in [0.5, 0.6) is 5.88 Å². The monoisotopic (exact) mass is 265 g/mol. The second-order valence-electron chi connectivity index (χ2n) is 4.35. The van der Waals surface area contributed by atoms with Crippen LogP contribution in [0, 0.1) is 0 Å². The Kier molecular flexibility index (Phi) is 3.40. The molecule has 5 nitrogen and oxygen atoms in total. The number of morpholine rings is 1. The molecule has 1 aliphatic heterocycles. The van der Waals surface area contributed by atoms with Crippen molar-refractivity contribution in [2.75, 3.05) is 19.7 Å². The van der Waals surface area contributed by atoms with Crippen LogP contribution in [0.1, 0.15) is 6.92 Å². The summed E-state index contributed by atoms with van der Waals surface area (Å²) in [6, 6.07) is 1.97. The van der Waals surface area contributed by atoms with Gasteiger partial charge in [-0.1, -0.05) is 0 Å². The van der Waals surface area contributed by atoms with Crippen molar-refractivity contribution in [1.82, 2.24) is 15.3 Å². The SMILES string of the molecule is CC1CNCC(COc2ncnc3ccsc23)O1. The number of aromatic nitrogens is 2. The van der Waals surface area contributed by atoms with Crippen LogP contribution >= 0.6 is 11.3 Å². The lowest BCUT2D eigenvalue weighted by Gasteiger charge is -2.28. The zero-order chi connectivity index (χ0) is 12.4. The first kappa shape index (κ1) is 11.8. The quantitative estimate of drug-likeness (QED) is 0.910. The molecular formula is C12H15N3O2S. The van der Waals surface area contributed by atoms with E-state index < -0.39 is 0 Å². The number of nitrogens with zero attached hydrogens (tertiary/aromatic N) is 2. The number of thiophene rings is 1. The molecule has 2 atom stereocenters. The maximum Gasteiger partial charge on any atom is 0.234 e. The van der Waals surface area contributed by atoms with Crippen LogP contribution in [0.25, 0.3) is 10.2 Å². The second kappa shape index (κ2) is 5.17. The van der Waals surface area contributed by atoms with Gasteiger partial charge in [-0.05, 0) is 18.4 Å². The van der Waals surface area contributed by atoms with Gasteiger partial charge in [-0.25, -0.2) is 9.97 Å². The van der Waals surface area contributed by atoms with E-state index in [2.05, 4.69) is 22.2 Å². The lowest BCUT2D eigenvalue weighted by molar-refractivity contribution is -0.0474. The second-order valence-corrected chi connectivity index (χ2v) is 5.27. The molecule has 2 unspecified atom stereocenters. The first-order valence-corrected chi connectivity index (χ1v) is 6.88. The molecule has 0 amide bonds. The summed E-state index contributed by atoms with van der Waals surface area (Å²) in [6.07, 6.45) is 1.85. The summed E-state index contributed by atoms with van der Waals surface area (Å²) in [5, 5.41) is 5.31. The number of ether oxygens (including phenoxy) is 2. The Morgan fingerprint density at radius 1 is 1.50 bits per heavy atom. The minimum atomic E-state index is 0.0822. The predicted octanol–water partition coefficient (Wildman–Crippen LogP) is 1.45. The Labute approximate surface area is 109 Å². The van der Waals surface area contributed by atoms with Gasteiger partial charge in [0.25, 0.3) is 0 Å². The Balaban J connectivity index is 1.67. The standard InChI is InChI=1S/C12H15N3O2S/c1-8-4-13-5-9(17-8)6-16-12-11-10(2-3-18-11)14-7-15-12/h2-3,7-9,13H,4-6H2,1H3. The third kappa shape index (κ3) is 2.45. The highest BCUT2D eigenvalue weighted by Gasteiger charge is 2.19. The van der Waals surface area contributed by atoms with Gasteiger partial charge in [0.1, 0.15) is 23.7 Å². The molecule has 1 fully saturated rings. The third-order valence-corrected chi connectivity index (χ3v) is 3.74. The van der Waals surface area contributed by atoms with E-state index in [1.54, 1.807) is 11.3 Å². The van der Waals surface area contributed by atoms with Crippen LogP contribution < -0.4 is 10.1 Å². The molecule has 1 N–H and O–H groups in total. The molecule has 0 aromatic carbocycles. The van der Waals surface area contributed by atoms with Gasteiger partial charge in [0.15, 0.2) is 0 Å². The van der Waals surface area contributed by atoms with Gasteiger partial charge in [-0.2, -0.15) is 0 Å². The molecule has 0 spiro atoms. The van der Waals surface area contributed by atoms with Crippen LogP contribution in [0.4, 0.5) is 0 Å². The first-order valence-electron chi connectivity index (χ1n) is 6.00. The van der Waals surface area contributed by atoms with E-state index in [0.29, 0.717) is 12.5 Å². The van der Waals surface area contributed by atoms with Crippen molar-refractivity contribution in [2.24, 2.45) is 0 Å². The van der Waals surface area contributed by atoms with Crippen molar-refractivity contribution < 1.29 is 9.47 Å². The zero-order valence-corrected chi connectivity index (χ0v) is 10.9. The molecule has 3 rings (SSSR count). The van der Waals surface area contributed by atoms with Crippen molar-refractivity contribution in [2.45, 2.75) is 19.1 Å². The van der Waals surface area contributed by atoms with E-state index in [1.807, 2.05) is 11.4 Å². The van der Waals surface area contributed by atoms with Crippen molar-refractivity contribution >= 4 is 21.6 Å². The molecule has 1 aliphatic rings. The average molecular weight is 265 g/mol. The molecule has 0 aliphatic carbocycles. The van der Waals surface area contributed by atoms with Gasteiger partial charge in [0.05, 0.1) is 11.6 Å². The maximum atomic E-state index is 5.77. The highest BCUT2D eigenvalue weighted by Crippen LogP contribution is 2.26. The van der Waals surface area contributed by atoms with Crippen molar-refractivity contribution in [3.05, 3.63) is 17.8 Å². The van der Waals surface area contributed by atoms with Crippen molar-refractivity contribution in [3.8, 4) is 5.88 Å². The Morgan fingerprint density at radius 3 is 3.33 bits per heavy atom. The molecule has 1 saturated heterocycles. The normalized spacial score (nSPS) is 24.3. The Hall–Kier alpha value is -1.24. The van der Waals surface area contributed by atoms with E-state index >= 15 is 0 Å². The summed E-state index contributed by atoms with van der Waals surface area (Å²) in [4.78, 5) is 8.37. The number of nitrogens with one attached hydrogen (secondary N) is 1. The lowest BCUT2D eigenvalue weighted by Crippen LogP contribution is -2.45. The summed E-state index contributed by atoms with van der Waals surface area (Å²) >= 11 is 1.59. The van der Waals surface area contributed by atoms with Crippen molar-refractivity contribution in [1.29, 1.82) is 0 Å². The predicted molar refractivity (Wildman–Crippen MR) is 70.1 cm³/mol. The Morgan fingerprint density at radius 2 is 2.44 bits per heavy atom. The van der Waals surface area contributed by atoms with Crippen LogP contribution in [-0.2, 0) is 4.74 Å². The summed E-state index contributed by atoms with van der Waals surface area (Å²) in [6.45, 7) is 4.30. The fraction of sp³-hybridized carbons (Fsp3) is 0.500. The zero-order valence-electron chi connectivity index (χ0n) is 10.1. The number of fused-ring (bicyclic) bond motifs is 1. The van der Waals surface area contributed by atoms with E-state index in [1.165, 1.54) is 6.33 Å². The van der Waals surface area contributed by atoms with E-state index in [-0.39, 0.29) is 12.2 Å². The average Bonchev–Trinajstić information content (AvgIpc) is 2.85. The molecule has 6 heteroatoms. The first-order chi connectivity index (χ1) is 8.83. The summed E-state index contributed by atoms with van der Waals surface area (Å²) in [7, 11) is 0. The highest BCUT2D eigenvalue weighted by atomic mass is 32.1. The van der Waals surface area contributed by atoms with Gasteiger partial charge in [0, 0.05) is 13.1 Å². The minimum Gasteiger partial charge on any atom is -0.474 e.